The quantitative estimate of drug-likeness (QED) is 0.535. The van der Waals surface area contributed by atoms with Crippen LogP contribution in [0.25, 0.3) is 17.2 Å². The van der Waals surface area contributed by atoms with Gasteiger partial charge in [0.2, 0.25) is 5.91 Å². The van der Waals surface area contributed by atoms with E-state index in [9.17, 15) is 4.79 Å². The molecule has 0 saturated heterocycles. The minimum absolute atomic E-state index is 0.205. The van der Waals surface area contributed by atoms with Gasteiger partial charge >= 0.3 is 0 Å². The van der Waals surface area contributed by atoms with Crippen LogP contribution in [0.1, 0.15) is 18.1 Å². The molecule has 3 aromatic heterocycles. The normalized spacial score (nSPS) is 18.3. The van der Waals surface area contributed by atoms with Gasteiger partial charge in [-0.2, -0.15) is 5.10 Å². The van der Waals surface area contributed by atoms with Crippen LogP contribution in [0.4, 0.5) is 11.6 Å². The summed E-state index contributed by atoms with van der Waals surface area (Å²) in [5.74, 6) is 0.624. The maximum atomic E-state index is 12.9. The molecule has 1 aromatic carbocycles. The molecule has 4 aromatic rings. The molecule has 10 heteroatoms. The first-order valence-corrected chi connectivity index (χ1v) is 8.76. The fourth-order valence-electron chi connectivity index (χ4n) is 3.42. The number of carbonyl (C=O) groups is 1. The SMILES string of the molecule is CC1(c2ccc(Cl)cc2)C(=O)Nc2nc(-c3cn4ncnc4cn3)nc(N)c21. The van der Waals surface area contributed by atoms with Gasteiger partial charge in [-0.15, -0.1) is 0 Å². The van der Waals surface area contributed by atoms with Gasteiger partial charge in [0, 0.05) is 5.02 Å². The Bertz CT molecular complexity index is 1250. The lowest BCUT2D eigenvalue weighted by molar-refractivity contribution is -0.119. The van der Waals surface area contributed by atoms with Gasteiger partial charge in [0.1, 0.15) is 29.1 Å². The predicted molar refractivity (Wildman–Crippen MR) is 103 cm³/mol. The number of benzene rings is 1. The molecule has 1 aliphatic heterocycles. The van der Waals surface area contributed by atoms with Crippen LogP contribution in [0.2, 0.25) is 5.02 Å². The fraction of sp³-hybridized carbons (Fsp3) is 0.111. The highest BCUT2D eigenvalue weighted by Crippen LogP contribution is 2.44. The van der Waals surface area contributed by atoms with Crippen LogP contribution >= 0.6 is 11.6 Å². The number of nitrogens with two attached hydrogens (primary N) is 1. The second kappa shape index (κ2) is 5.70. The molecule has 0 aliphatic carbocycles. The Hall–Kier alpha value is -3.59. The van der Waals surface area contributed by atoms with Crippen LogP contribution < -0.4 is 11.1 Å². The molecule has 1 amide bonds. The minimum atomic E-state index is -1.02. The van der Waals surface area contributed by atoms with E-state index < -0.39 is 5.41 Å². The van der Waals surface area contributed by atoms with Gasteiger partial charge < -0.3 is 11.1 Å². The van der Waals surface area contributed by atoms with Crippen LogP contribution in [-0.4, -0.2) is 35.5 Å². The van der Waals surface area contributed by atoms with Crippen molar-refractivity contribution in [3.8, 4) is 11.5 Å². The first-order chi connectivity index (χ1) is 13.5. The molecule has 1 aliphatic rings. The van der Waals surface area contributed by atoms with Gasteiger partial charge in [-0.05, 0) is 24.6 Å². The predicted octanol–water partition coefficient (Wildman–Crippen LogP) is 2.07. The largest absolute Gasteiger partial charge is 0.383 e. The third-order valence-corrected chi connectivity index (χ3v) is 5.19. The summed E-state index contributed by atoms with van der Waals surface area (Å²) in [6.07, 6.45) is 4.64. The summed E-state index contributed by atoms with van der Waals surface area (Å²) < 4.78 is 1.56. The highest BCUT2D eigenvalue weighted by molar-refractivity contribution is 6.30. The van der Waals surface area contributed by atoms with E-state index in [2.05, 4.69) is 30.4 Å². The van der Waals surface area contributed by atoms with Crippen molar-refractivity contribution >= 4 is 34.8 Å². The lowest BCUT2D eigenvalue weighted by Gasteiger charge is -2.23. The zero-order valence-electron chi connectivity index (χ0n) is 14.6. The number of fused-ring (bicyclic) bond motifs is 2. The van der Waals surface area contributed by atoms with Crippen molar-refractivity contribution in [2.24, 2.45) is 0 Å². The van der Waals surface area contributed by atoms with Crippen molar-refractivity contribution in [1.29, 1.82) is 0 Å². The van der Waals surface area contributed by atoms with E-state index in [1.165, 1.54) is 6.33 Å². The number of carbonyl (C=O) groups excluding carboxylic acids is 1. The number of amides is 1. The van der Waals surface area contributed by atoms with E-state index in [1.54, 1.807) is 48.1 Å². The van der Waals surface area contributed by atoms with Crippen LogP contribution in [0.15, 0.2) is 43.0 Å². The number of nitrogens with zero attached hydrogens (tertiary/aromatic N) is 6. The number of aromatic nitrogens is 6. The summed E-state index contributed by atoms with van der Waals surface area (Å²) in [7, 11) is 0. The number of hydrogen-bond acceptors (Lipinski definition) is 7. The van der Waals surface area contributed by atoms with Gasteiger partial charge in [0.15, 0.2) is 11.5 Å². The number of hydrogen-bond donors (Lipinski definition) is 2. The van der Waals surface area contributed by atoms with Crippen LogP contribution in [0.5, 0.6) is 0 Å². The summed E-state index contributed by atoms with van der Waals surface area (Å²) in [5.41, 5.74) is 7.59. The molecule has 138 valence electrons. The number of anilines is 2. The fourth-order valence-corrected chi connectivity index (χ4v) is 3.55. The summed E-state index contributed by atoms with van der Waals surface area (Å²) in [6, 6.07) is 7.06. The van der Waals surface area contributed by atoms with Crippen LogP contribution in [-0.2, 0) is 10.2 Å². The first kappa shape index (κ1) is 16.6. The number of nitrogens with one attached hydrogen (secondary N) is 1. The van der Waals surface area contributed by atoms with Crippen molar-refractivity contribution in [1.82, 2.24) is 29.5 Å². The van der Waals surface area contributed by atoms with Crippen molar-refractivity contribution in [3.63, 3.8) is 0 Å². The average Bonchev–Trinajstić information content (AvgIpc) is 3.25. The molecule has 0 bridgehead atoms. The first-order valence-electron chi connectivity index (χ1n) is 8.38. The third kappa shape index (κ3) is 2.26. The molecule has 1 unspecified atom stereocenters. The Balaban J connectivity index is 1.66. The van der Waals surface area contributed by atoms with Crippen molar-refractivity contribution < 1.29 is 4.79 Å². The smallest absolute Gasteiger partial charge is 0.240 e. The summed E-state index contributed by atoms with van der Waals surface area (Å²) >= 11 is 5.99. The second-order valence-corrected chi connectivity index (χ2v) is 7.01. The van der Waals surface area contributed by atoms with Crippen LogP contribution in [0, 0.1) is 0 Å². The van der Waals surface area contributed by atoms with Crippen LogP contribution in [0.3, 0.4) is 0 Å². The highest BCUT2D eigenvalue weighted by atomic mass is 35.5. The molecule has 0 spiro atoms. The number of halogens is 1. The summed E-state index contributed by atoms with van der Waals surface area (Å²) in [6.45, 7) is 1.79. The van der Waals surface area contributed by atoms with E-state index >= 15 is 0 Å². The van der Waals surface area contributed by atoms with Crippen molar-refractivity contribution in [2.45, 2.75) is 12.3 Å². The number of nitrogen functional groups attached to an aromatic ring is 1. The molecule has 4 heterocycles. The lowest BCUT2D eigenvalue weighted by Crippen LogP contribution is -2.32. The molecule has 5 rings (SSSR count). The van der Waals surface area contributed by atoms with E-state index in [1.807, 2.05) is 0 Å². The van der Waals surface area contributed by atoms with Crippen molar-refractivity contribution in [2.75, 3.05) is 11.1 Å². The summed E-state index contributed by atoms with van der Waals surface area (Å²) in [4.78, 5) is 30.1. The Labute approximate surface area is 163 Å². The Morgan fingerprint density at radius 2 is 1.96 bits per heavy atom. The third-order valence-electron chi connectivity index (χ3n) is 4.94. The molecule has 28 heavy (non-hydrogen) atoms. The lowest BCUT2D eigenvalue weighted by atomic mass is 9.78. The Kier molecular flexibility index (Phi) is 3.37. The zero-order valence-corrected chi connectivity index (χ0v) is 15.3. The van der Waals surface area contributed by atoms with Gasteiger partial charge in [-0.1, -0.05) is 23.7 Å². The minimum Gasteiger partial charge on any atom is -0.383 e. The molecular formula is C18H13ClN8O. The maximum Gasteiger partial charge on any atom is 0.240 e. The van der Waals surface area contributed by atoms with E-state index in [-0.39, 0.29) is 17.5 Å². The summed E-state index contributed by atoms with van der Waals surface area (Å²) in [5, 5.41) is 7.48. The van der Waals surface area contributed by atoms with Gasteiger partial charge in [-0.25, -0.2) is 24.5 Å². The molecule has 3 N–H and O–H groups in total. The molecular weight excluding hydrogens is 380 g/mol. The highest BCUT2D eigenvalue weighted by Gasteiger charge is 2.47. The van der Waals surface area contributed by atoms with Crippen molar-refractivity contribution in [3.05, 3.63) is 59.1 Å². The molecule has 0 radical (unpaired) electrons. The molecule has 0 saturated carbocycles. The number of rotatable bonds is 2. The standard InChI is InChI=1S/C18H13ClN8O/c1-18(9-2-4-10(19)5-3-9)13-14(20)24-15(25-16(13)26-17(18)28)11-7-27-12(6-21-11)22-8-23-27/h2-8H,1H3,(H3,20,24,25,26,28). The van der Waals surface area contributed by atoms with E-state index in [0.29, 0.717) is 27.7 Å². The van der Waals surface area contributed by atoms with Gasteiger partial charge in [0.25, 0.3) is 0 Å². The molecule has 1 atom stereocenters. The monoisotopic (exact) mass is 392 g/mol. The Morgan fingerprint density at radius 1 is 1.18 bits per heavy atom. The molecule has 9 nitrogen and oxygen atoms in total. The maximum absolute atomic E-state index is 12.9. The molecule has 0 fully saturated rings. The second-order valence-electron chi connectivity index (χ2n) is 6.58. The zero-order chi connectivity index (χ0) is 19.5. The average molecular weight is 393 g/mol. The van der Waals surface area contributed by atoms with E-state index in [0.717, 1.165) is 5.56 Å². The topological polar surface area (TPSA) is 124 Å². The van der Waals surface area contributed by atoms with E-state index in [4.69, 9.17) is 17.3 Å². The van der Waals surface area contributed by atoms with Gasteiger partial charge in [0.05, 0.1) is 18.0 Å². The Morgan fingerprint density at radius 3 is 2.75 bits per heavy atom. The van der Waals surface area contributed by atoms with Gasteiger partial charge in [-0.3, -0.25) is 4.79 Å².